The van der Waals surface area contributed by atoms with E-state index in [9.17, 15) is 0 Å². The first-order valence-electron chi connectivity index (χ1n) is 5.60. The van der Waals surface area contributed by atoms with Gasteiger partial charge in [0.1, 0.15) is 0 Å². The third-order valence-corrected chi connectivity index (χ3v) is 2.72. The van der Waals surface area contributed by atoms with Crippen LogP contribution in [0.2, 0.25) is 0 Å². The molecule has 16 heavy (non-hydrogen) atoms. The van der Waals surface area contributed by atoms with Crippen molar-refractivity contribution in [3.8, 4) is 24.2 Å². The monoisotopic (exact) mass is 222 g/mol. The van der Waals surface area contributed by atoms with E-state index in [4.69, 9.17) is 21.0 Å². The molecule has 1 saturated heterocycles. The van der Waals surface area contributed by atoms with Gasteiger partial charge >= 0.3 is 0 Å². The molecule has 0 aromatic rings. The Balaban J connectivity index is 2.42. The molecule has 0 bridgehead atoms. The van der Waals surface area contributed by atoms with E-state index in [2.05, 4.69) is 17.8 Å². The highest BCUT2D eigenvalue weighted by Crippen LogP contribution is 2.30. The highest BCUT2D eigenvalue weighted by atomic mass is 16.7. The van der Waals surface area contributed by atoms with E-state index in [0.29, 0.717) is 13.0 Å². The maximum Gasteiger partial charge on any atom is 0.176 e. The van der Waals surface area contributed by atoms with Gasteiger partial charge in [-0.1, -0.05) is 31.6 Å². The van der Waals surface area contributed by atoms with Crippen LogP contribution in [0.25, 0.3) is 0 Å². The Morgan fingerprint density at radius 1 is 1.50 bits per heavy atom. The Labute approximate surface area is 97.1 Å². The van der Waals surface area contributed by atoms with Crippen LogP contribution in [0.1, 0.15) is 33.1 Å². The van der Waals surface area contributed by atoms with Crippen LogP contribution in [-0.2, 0) is 9.47 Å². The molecule has 0 aliphatic carbocycles. The normalized spacial score (nSPS) is 24.2. The maximum atomic E-state index is 9.05. The summed E-state index contributed by atoms with van der Waals surface area (Å²) in [5.41, 5.74) is 0. The molecule has 0 amide bonds. The molecule has 2 atom stereocenters. The van der Waals surface area contributed by atoms with E-state index >= 15 is 0 Å². The zero-order chi connectivity index (χ0) is 12.0. The summed E-state index contributed by atoms with van der Waals surface area (Å²) in [7, 11) is 0. The number of ether oxygens (including phenoxy) is 2. The van der Waals surface area contributed by atoms with Gasteiger partial charge in [-0.3, -0.25) is 0 Å². The van der Waals surface area contributed by atoms with Gasteiger partial charge in [0, 0.05) is 6.42 Å². The molecule has 88 valence electrons. The zero-order valence-corrected chi connectivity index (χ0v) is 9.82. The van der Waals surface area contributed by atoms with E-state index in [1.807, 2.05) is 13.8 Å². The molecule has 1 heterocycles. The number of rotatable bonds is 3. The van der Waals surface area contributed by atoms with E-state index in [1.165, 1.54) is 0 Å². The van der Waals surface area contributed by atoms with Crippen LogP contribution < -0.4 is 0 Å². The third kappa shape index (κ3) is 3.25. The van der Waals surface area contributed by atoms with Gasteiger partial charge in [0.25, 0.3) is 0 Å². The minimum Gasteiger partial charge on any atom is -0.369 e. The SMILES string of the molecule is C#CC(O)C#CC[C@@H]1COC(CC)(CC)O1. The largest absolute Gasteiger partial charge is 0.369 e. The van der Waals surface area contributed by atoms with Crippen molar-refractivity contribution < 1.29 is 14.6 Å². The number of aliphatic hydroxyl groups excluding tert-OH is 1. The van der Waals surface area contributed by atoms with Gasteiger partial charge in [-0.2, -0.15) is 0 Å². The minimum absolute atomic E-state index is 0.0163. The number of hydrogen-bond donors (Lipinski definition) is 1. The Bertz CT molecular complexity index is 314. The summed E-state index contributed by atoms with van der Waals surface area (Å²) in [6.07, 6.45) is 6.21. The van der Waals surface area contributed by atoms with E-state index in [-0.39, 0.29) is 6.10 Å². The average molecular weight is 222 g/mol. The first-order valence-corrected chi connectivity index (χ1v) is 5.60. The van der Waals surface area contributed by atoms with Crippen molar-refractivity contribution in [1.29, 1.82) is 0 Å². The van der Waals surface area contributed by atoms with Crippen LogP contribution in [0.3, 0.4) is 0 Å². The summed E-state index contributed by atoms with van der Waals surface area (Å²) in [6, 6.07) is 0. The van der Waals surface area contributed by atoms with Gasteiger partial charge in [0.05, 0.1) is 12.7 Å². The molecule has 1 aliphatic heterocycles. The summed E-state index contributed by atoms with van der Waals surface area (Å²) >= 11 is 0. The molecule has 1 unspecified atom stereocenters. The molecular formula is C13H18O3. The summed E-state index contributed by atoms with van der Waals surface area (Å²) < 4.78 is 11.4. The fourth-order valence-corrected chi connectivity index (χ4v) is 1.65. The van der Waals surface area contributed by atoms with Crippen LogP contribution in [0.5, 0.6) is 0 Å². The molecule has 0 aromatic heterocycles. The summed E-state index contributed by atoms with van der Waals surface area (Å²) in [6.45, 7) is 4.64. The molecule has 0 aromatic carbocycles. The average Bonchev–Trinajstić information content (AvgIpc) is 2.73. The fraction of sp³-hybridized carbons (Fsp3) is 0.692. The third-order valence-electron chi connectivity index (χ3n) is 2.72. The summed E-state index contributed by atoms with van der Waals surface area (Å²) in [5.74, 6) is 7.08. The van der Waals surface area contributed by atoms with E-state index in [1.54, 1.807) is 0 Å². The number of hydrogen-bond acceptors (Lipinski definition) is 3. The molecule has 1 fully saturated rings. The van der Waals surface area contributed by atoms with Crippen LogP contribution in [0.15, 0.2) is 0 Å². The highest BCUT2D eigenvalue weighted by Gasteiger charge is 2.37. The fourth-order valence-electron chi connectivity index (χ4n) is 1.65. The summed E-state index contributed by atoms with van der Waals surface area (Å²) in [5, 5.41) is 9.05. The van der Waals surface area contributed by atoms with Crippen molar-refractivity contribution in [1.82, 2.24) is 0 Å². The van der Waals surface area contributed by atoms with Crippen LogP contribution in [0, 0.1) is 24.2 Å². The number of aliphatic hydroxyl groups is 1. The van der Waals surface area contributed by atoms with Crippen LogP contribution in [-0.4, -0.2) is 29.7 Å². The van der Waals surface area contributed by atoms with E-state index < -0.39 is 11.9 Å². The lowest BCUT2D eigenvalue weighted by molar-refractivity contribution is -0.171. The zero-order valence-electron chi connectivity index (χ0n) is 9.82. The van der Waals surface area contributed by atoms with Crippen molar-refractivity contribution in [2.75, 3.05) is 6.61 Å². The van der Waals surface area contributed by atoms with Crippen molar-refractivity contribution in [3.05, 3.63) is 0 Å². The molecule has 3 heteroatoms. The second-order valence-electron chi connectivity index (χ2n) is 3.76. The van der Waals surface area contributed by atoms with Crippen molar-refractivity contribution in [2.24, 2.45) is 0 Å². The first-order chi connectivity index (χ1) is 7.65. The molecule has 0 saturated carbocycles. The molecule has 3 nitrogen and oxygen atoms in total. The van der Waals surface area contributed by atoms with Gasteiger partial charge in [-0.15, -0.1) is 6.42 Å². The molecule has 1 aliphatic rings. The predicted molar refractivity (Wildman–Crippen MR) is 61.4 cm³/mol. The molecule has 0 radical (unpaired) electrons. The first kappa shape index (κ1) is 13.1. The highest BCUT2D eigenvalue weighted by molar-refractivity contribution is 5.16. The molecule has 1 N–H and O–H groups in total. The lowest BCUT2D eigenvalue weighted by Gasteiger charge is -2.24. The second-order valence-corrected chi connectivity index (χ2v) is 3.76. The minimum atomic E-state index is -0.982. The Morgan fingerprint density at radius 3 is 2.69 bits per heavy atom. The topological polar surface area (TPSA) is 38.7 Å². The van der Waals surface area contributed by atoms with Gasteiger partial charge in [0.15, 0.2) is 11.9 Å². The number of terminal acetylenes is 1. The van der Waals surface area contributed by atoms with Crippen LogP contribution >= 0.6 is 0 Å². The predicted octanol–water partition coefficient (Wildman–Crippen LogP) is 1.31. The van der Waals surface area contributed by atoms with Crippen molar-refractivity contribution in [2.45, 2.75) is 51.1 Å². The van der Waals surface area contributed by atoms with Gasteiger partial charge in [0.2, 0.25) is 0 Å². The lowest BCUT2D eigenvalue weighted by atomic mass is 10.1. The van der Waals surface area contributed by atoms with E-state index in [0.717, 1.165) is 12.8 Å². The maximum absolute atomic E-state index is 9.05. The van der Waals surface area contributed by atoms with Crippen molar-refractivity contribution in [3.63, 3.8) is 0 Å². The van der Waals surface area contributed by atoms with Crippen molar-refractivity contribution >= 4 is 0 Å². The van der Waals surface area contributed by atoms with Gasteiger partial charge < -0.3 is 14.6 Å². The van der Waals surface area contributed by atoms with Gasteiger partial charge in [-0.25, -0.2) is 0 Å². The Morgan fingerprint density at radius 2 is 2.19 bits per heavy atom. The standard InChI is InChI=1S/C13H18O3/c1-4-11(14)8-7-9-12-10-15-13(5-2,6-3)16-12/h1,11-12,14H,5-6,9-10H2,2-3H3/t11?,12-/m1/s1. The van der Waals surface area contributed by atoms with Crippen LogP contribution in [0.4, 0.5) is 0 Å². The lowest BCUT2D eigenvalue weighted by Crippen LogP contribution is -2.28. The Kier molecular flexibility index (Phi) is 4.83. The quantitative estimate of drug-likeness (QED) is 0.732. The smallest absolute Gasteiger partial charge is 0.176 e. The second kappa shape index (κ2) is 5.92. The molecule has 1 rings (SSSR count). The Hall–Kier alpha value is -1.00. The van der Waals surface area contributed by atoms with Gasteiger partial charge in [-0.05, 0) is 12.8 Å². The molecular weight excluding hydrogens is 204 g/mol. The molecule has 0 spiro atoms. The summed E-state index contributed by atoms with van der Waals surface area (Å²) in [4.78, 5) is 0.